The highest BCUT2D eigenvalue weighted by Gasteiger charge is 2.42. The van der Waals surface area contributed by atoms with E-state index < -0.39 is 34.0 Å². The number of rotatable bonds is 23. The first kappa shape index (κ1) is 35.9. The molecule has 0 saturated carbocycles. The zero-order chi connectivity index (χ0) is 27.7. The average Bonchev–Trinajstić information content (AvgIpc) is 2.78. The fourth-order valence-electron chi connectivity index (χ4n) is 4.79. The zero-order valence-electron chi connectivity index (χ0n) is 25.1. The maximum Gasteiger partial charge on any atom is 0.275 e. The highest BCUT2D eigenvalue weighted by Crippen LogP contribution is 2.29. The second-order valence-electron chi connectivity index (χ2n) is 12.2. The standard InChI is InChI=1S/C26H58N2O4Si4/c1-9-12-13-16-21-28(4,5)22-17-14-15-19-26(29)27-20-18-23-36(24-33(30)10-2,25-34(31)11-3)32-35(6,7)8/h9-25H2,1-8H3/p+1. The van der Waals surface area contributed by atoms with E-state index in [1.165, 1.54) is 45.2 Å². The van der Waals surface area contributed by atoms with Gasteiger partial charge in [-0.1, -0.05) is 33.6 Å². The van der Waals surface area contributed by atoms with Crippen molar-refractivity contribution >= 4 is 39.9 Å². The van der Waals surface area contributed by atoms with Crippen molar-refractivity contribution < 1.29 is 22.3 Å². The maximum absolute atomic E-state index is 12.6. The van der Waals surface area contributed by atoms with Crippen LogP contribution in [0.4, 0.5) is 0 Å². The van der Waals surface area contributed by atoms with Crippen molar-refractivity contribution in [3.05, 3.63) is 0 Å². The first-order chi connectivity index (χ1) is 16.8. The summed E-state index contributed by atoms with van der Waals surface area (Å²) in [5.74, 6) is 0.131. The molecule has 0 bridgehead atoms. The SMILES string of the molecule is CCCCCC[N+](C)(C)CCCCCC(=O)NCCC[Si](C[Si](=O)CC)(C[Si](=O)CC)O[Si](C)(C)C. The number of nitrogens with one attached hydrogen (secondary N) is 1. The second-order valence-corrected chi connectivity index (χ2v) is 26.5. The molecule has 6 nitrogen and oxygen atoms in total. The fourth-order valence-corrected chi connectivity index (χ4v) is 23.9. The van der Waals surface area contributed by atoms with Crippen molar-refractivity contribution in [2.75, 3.05) is 33.7 Å². The quantitative estimate of drug-likeness (QED) is 0.0861. The van der Waals surface area contributed by atoms with Crippen molar-refractivity contribution in [3.8, 4) is 0 Å². The maximum atomic E-state index is 12.6. The summed E-state index contributed by atoms with van der Waals surface area (Å²) < 4.78 is 33.1. The third kappa shape index (κ3) is 19.0. The molecule has 10 heteroatoms. The highest BCUT2D eigenvalue weighted by atomic mass is 28.5. The Bertz CT molecular complexity index is 636. The Kier molecular flexibility index (Phi) is 18.9. The lowest BCUT2D eigenvalue weighted by Crippen LogP contribution is -2.50. The highest BCUT2D eigenvalue weighted by molar-refractivity contribution is 6.94. The van der Waals surface area contributed by atoms with E-state index in [1.54, 1.807) is 0 Å². The van der Waals surface area contributed by atoms with Crippen LogP contribution in [-0.2, 0) is 17.8 Å². The van der Waals surface area contributed by atoms with Crippen molar-refractivity contribution in [2.24, 2.45) is 0 Å². The number of unbranched alkanes of at least 4 members (excludes halogenated alkanes) is 5. The largest absolute Gasteiger partial charge is 0.455 e. The minimum atomic E-state index is -2.37. The Morgan fingerprint density at radius 3 is 1.81 bits per heavy atom. The molecule has 0 aliphatic carbocycles. The lowest BCUT2D eigenvalue weighted by Gasteiger charge is -2.37. The number of hydrogen-bond donors (Lipinski definition) is 1. The van der Waals surface area contributed by atoms with Gasteiger partial charge in [-0.2, -0.15) is 0 Å². The van der Waals surface area contributed by atoms with Crippen molar-refractivity contribution in [3.63, 3.8) is 0 Å². The van der Waals surface area contributed by atoms with E-state index in [2.05, 4.69) is 46.0 Å². The van der Waals surface area contributed by atoms with Gasteiger partial charge in [0.15, 0.2) is 16.6 Å². The molecule has 0 aromatic heterocycles. The molecule has 0 heterocycles. The lowest BCUT2D eigenvalue weighted by atomic mass is 10.1. The topological polar surface area (TPSA) is 72.5 Å². The van der Waals surface area contributed by atoms with E-state index in [0.29, 0.717) is 36.4 Å². The zero-order valence-corrected chi connectivity index (χ0v) is 29.1. The van der Waals surface area contributed by atoms with Crippen LogP contribution in [-0.4, -0.2) is 78.1 Å². The molecule has 0 aliphatic heterocycles. The molecule has 0 radical (unpaired) electrons. The van der Waals surface area contributed by atoms with Crippen molar-refractivity contribution in [1.82, 2.24) is 5.32 Å². The van der Waals surface area contributed by atoms with Crippen LogP contribution in [0.1, 0.15) is 78.6 Å². The van der Waals surface area contributed by atoms with Gasteiger partial charge in [0.2, 0.25) is 5.91 Å². The number of carbonyl (C=O) groups is 1. The minimum Gasteiger partial charge on any atom is -0.455 e. The number of carbonyl (C=O) groups excluding carboxylic acids is 1. The van der Waals surface area contributed by atoms with Crippen LogP contribution < -0.4 is 5.32 Å². The van der Waals surface area contributed by atoms with Gasteiger partial charge in [0.1, 0.15) is 0 Å². The van der Waals surface area contributed by atoms with Crippen LogP contribution in [0.15, 0.2) is 0 Å². The normalized spacial score (nSPS) is 12.6. The minimum absolute atomic E-state index is 0.131. The van der Waals surface area contributed by atoms with Crippen LogP contribution in [0.3, 0.4) is 0 Å². The third-order valence-electron chi connectivity index (χ3n) is 6.77. The molecule has 0 saturated heterocycles. The van der Waals surface area contributed by atoms with Gasteiger partial charge in [-0.15, -0.1) is 0 Å². The molecule has 0 aromatic carbocycles. The molecule has 0 spiro atoms. The van der Waals surface area contributed by atoms with Gasteiger partial charge in [0.25, 0.3) is 17.4 Å². The summed E-state index contributed by atoms with van der Waals surface area (Å²) in [6, 6.07) is 2.22. The van der Waals surface area contributed by atoms with Gasteiger partial charge >= 0.3 is 0 Å². The number of amides is 1. The molecule has 36 heavy (non-hydrogen) atoms. The Morgan fingerprint density at radius 1 is 0.806 bits per heavy atom. The molecule has 0 aliphatic rings. The molecular formula is C26H59N2O4Si4+. The van der Waals surface area contributed by atoms with Gasteiger partial charge < -0.3 is 22.8 Å². The van der Waals surface area contributed by atoms with Gasteiger partial charge in [-0.25, -0.2) is 0 Å². The molecule has 212 valence electrons. The number of hydrogen-bond acceptors (Lipinski definition) is 4. The Labute approximate surface area is 228 Å². The van der Waals surface area contributed by atoms with E-state index in [4.69, 9.17) is 4.12 Å². The van der Waals surface area contributed by atoms with Crippen molar-refractivity contribution in [2.45, 2.75) is 128 Å². The predicted molar refractivity (Wildman–Crippen MR) is 161 cm³/mol. The van der Waals surface area contributed by atoms with Gasteiger partial charge in [-0.3, -0.25) is 4.79 Å². The number of quaternary nitrogens is 1. The van der Waals surface area contributed by atoms with Crippen LogP contribution >= 0.6 is 0 Å². The summed E-state index contributed by atoms with van der Waals surface area (Å²) in [5.41, 5.74) is 1.30. The molecule has 1 amide bonds. The van der Waals surface area contributed by atoms with E-state index in [1.807, 2.05) is 13.8 Å². The van der Waals surface area contributed by atoms with Gasteiger partial charge in [0.05, 0.1) is 27.2 Å². The molecule has 0 aromatic rings. The monoisotopic (exact) mass is 575 g/mol. The molecule has 0 unspecified atom stereocenters. The first-order valence-electron chi connectivity index (χ1n) is 14.6. The smallest absolute Gasteiger partial charge is 0.275 e. The lowest BCUT2D eigenvalue weighted by molar-refractivity contribution is -0.890. The summed E-state index contributed by atoms with van der Waals surface area (Å²) in [7, 11) is -2.98. The number of nitrogens with zero attached hydrogens (tertiary/aromatic N) is 1. The van der Waals surface area contributed by atoms with Crippen LogP contribution in [0.5, 0.6) is 0 Å². The Morgan fingerprint density at radius 2 is 1.33 bits per heavy atom. The summed E-state index contributed by atoms with van der Waals surface area (Å²) in [5, 5.41) is 3.10. The van der Waals surface area contributed by atoms with E-state index in [-0.39, 0.29) is 5.91 Å². The molecule has 0 rings (SSSR count). The summed E-state index contributed by atoms with van der Waals surface area (Å²) in [4.78, 5) is 12.4. The summed E-state index contributed by atoms with van der Waals surface area (Å²) >= 11 is 0. The molecule has 1 N–H and O–H groups in total. The van der Waals surface area contributed by atoms with E-state index in [9.17, 15) is 13.7 Å². The van der Waals surface area contributed by atoms with Crippen LogP contribution in [0.2, 0.25) is 49.1 Å². The van der Waals surface area contributed by atoms with E-state index in [0.717, 1.165) is 29.8 Å². The average molecular weight is 576 g/mol. The Balaban J connectivity index is 4.52. The Hall–Kier alpha value is -0.142. The van der Waals surface area contributed by atoms with Crippen molar-refractivity contribution in [1.29, 1.82) is 0 Å². The fraction of sp³-hybridized carbons (Fsp3) is 0.962. The van der Waals surface area contributed by atoms with Gasteiger partial charge in [0, 0.05) is 24.3 Å². The summed E-state index contributed by atoms with van der Waals surface area (Å²) in [6.45, 7) is 15.8. The molecule has 0 fully saturated rings. The first-order valence-corrected chi connectivity index (χ1v) is 24.2. The summed E-state index contributed by atoms with van der Waals surface area (Å²) in [6.07, 6.45) is 9.88. The molecule has 0 atom stereocenters. The molecular weight excluding hydrogens is 517 g/mol. The third-order valence-corrected chi connectivity index (χ3v) is 22.1. The second kappa shape index (κ2) is 19.0. The predicted octanol–water partition coefficient (Wildman–Crippen LogP) is 6.47. The van der Waals surface area contributed by atoms with Crippen LogP contribution in [0.25, 0.3) is 0 Å². The van der Waals surface area contributed by atoms with E-state index >= 15 is 0 Å². The van der Waals surface area contributed by atoms with Crippen LogP contribution in [0, 0.1) is 0 Å². The van der Waals surface area contributed by atoms with Gasteiger partial charge in [-0.05, 0) is 76.3 Å².